The predicted molar refractivity (Wildman–Crippen MR) is 59.3 cm³/mol. The molecule has 1 rings (SSSR count). The second-order valence-corrected chi connectivity index (χ2v) is 4.94. The average molecular weight is 277 g/mol. The first-order valence-corrected chi connectivity index (χ1v) is 6.20. The molecule has 0 saturated carbocycles. The van der Waals surface area contributed by atoms with Gasteiger partial charge in [0.1, 0.15) is 11.0 Å². The monoisotopic (exact) mass is 277 g/mol. The molecule has 1 aromatic carbocycles. The lowest BCUT2D eigenvalue weighted by Gasteiger charge is -2.08. The van der Waals surface area contributed by atoms with Gasteiger partial charge in [0.15, 0.2) is 0 Å². The fraction of sp³-hybridized carbons (Fsp3) is 0.333. The van der Waals surface area contributed by atoms with Gasteiger partial charge in [-0.2, -0.15) is 8.42 Å². The number of hydrogen-bond donors (Lipinski definition) is 2. The first kappa shape index (κ1) is 14.5. The Hall–Kier alpha value is -1.55. The molecule has 0 bridgehead atoms. The van der Waals surface area contributed by atoms with Crippen LogP contribution in [0, 0.1) is 10.1 Å². The number of nitrogens with zero attached hydrogens (tertiary/aromatic N) is 1. The van der Waals surface area contributed by atoms with Crippen molar-refractivity contribution in [3.63, 3.8) is 0 Å². The molecule has 0 saturated heterocycles. The molecule has 9 heteroatoms. The third-order valence-electron chi connectivity index (χ3n) is 1.94. The van der Waals surface area contributed by atoms with Crippen LogP contribution >= 0.6 is 0 Å². The molecule has 2 N–H and O–H groups in total. The number of hydrogen-bond acceptors (Lipinski definition) is 7. The topological polar surface area (TPSA) is 127 Å². The van der Waals surface area contributed by atoms with E-state index in [1.165, 1.54) is 6.07 Å². The van der Waals surface area contributed by atoms with Crippen LogP contribution < -0.4 is 0 Å². The lowest BCUT2D eigenvalue weighted by atomic mass is 10.3. The zero-order chi connectivity index (χ0) is 13.8. The fourth-order valence-electron chi connectivity index (χ4n) is 1.04. The zero-order valence-corrected chi connectivity index (χ0v) is 9.91. The summed E-state index contributed by atoms with van der Waals surface area (Å²) in [5.41, 5.74) is -0.387. The lowest BCUT2D eigenvalue weighted by molar-refractivity contribution is -0.385. The maximum Gasteiger partial charge on any atom is 0.297 e. The van der Waals surface area contributed by atoms with E-state index in [4.69, 9.17) is 10.2 Å². The molecule has 0 aliphatic heterocycles. The van der Waals surface area contributed by atoms with Crippen LogP contribution in [0.3, 0.4) is 0 Å². The minimum atomic E-state index is -4.20. The number of aliphatic hydroxyl groups is 2. The van der Waals surface area contributed by atoms with Crippen molar-refractivity contribution in [3.05, 3.63) is 34.4 Å². The number of rotatable bonds is 6. The summed E-state index contributed by atoms with van der Waals surface area (Å²) in [6.07, 6.45) is -1.33. The van der Waals surface area contributed by atoms with E-state index in [0.717, 1.165) is 18.2 Å². The summed E-state index contributed by atoms with van der Waals surface area (Å²) in [4.78, 5) is 9.37. The van der Waals surface area contributed by atoms with Gasteiger partial charge in [-0.3, -0.25) is 14.3 Å². The van der Waals surface area contributed by atoms with E-state index in [0.29, 0.717) is 0 Å². The Morgan fingerprint density at radius 3 is 2.67 bits per heavy atom. The van der Waals surface area contributed by atoms with Gasteiger partial charge in [-0.25, -0.2) is 0 Å². The van der Waals surface area contributed by atoms with E-state index in [1.807, 2.05) is 0 Å². The van der Waals surface area contributed by atoms with Gasteiger partial charge in [-0.05, 0) is 6.07 Å². The smallest absolute Gasteiger partial charge is 0.297 e. The van der Waals surface area contributed by atoms with Crippen molar-refractivity contribution < 1.29 is 27.7 Å². The number of non-ortho nitro benzene ring substituents is 1. The zero-order valence-electron chi connectivity index (χ0n) is 9.09. The molecule has 100 valence electrons. The molecule has 0 fully saturated rings. The van der Waals surface area contributed by atoms with Gasteiger partial charge in [0.05, 0.1) is 18.1 Å². The van der Waals surface area contributed by atoms with E-state index in [1.54, 1.807) is 0 Å². The maximum absolute atomic E-state index is 11.6. The number of nitro groups is 1. The van der Waals surface area contributed by atoms with Crippen molar-refractivity contribution in [1.29, 1.82) is 0 Å². The Morgan fingerprint density at radius 2 is 2.11 bits per heavy atom. The van der Waals surface area contributed by atoms with Gasteiger partial charge in [0, 0.05) is 12.1 Å². The van der Waals surface area contributed by atoms with Crippen molar-refractivity contribution in [2.24, 2.45) is 0 Å². The van der Waals surface area contributed by atoms with Crippen LogP contribution in [-0.4, -0.2) is 42.9 Å². The SMILES string of the molecule is O=[N+]([O-])c1cccc(S(=O)(=O)OC[C@@H](O)CO)c1. The number of aliphatic hydroxyl groups excluding tert-OH is 2. The summed E-state index contributed by atoms with van der Waals surface area (Å²) in [5.74, 6) is 0. The van der Waals surface area contributed by atoms with Crippen molar-refractivity contribution in [2.75, 3.05) is 13.2 Å². The molecule has 18 heavy (non-hydrogen) atoms. The summed E-state index contributed by atoms with van der Waals surface area (Å²) >= 11 is 0. The van der Waals surface area contributed by atoms with Gasteiger partial charge in [0.25, 0.3) is 15.8 Å². The molecule has 0 heterocycles. The molecule has 0 amide bonds. The predicted octanol–water partition coefficient (Wildman–Crippen LogP) is -0.347. The maximum atomic E-state index is 11.6. The summed E-state index contributed by atoms with van der Waals surface area (Å²) in [7, 11) is -4.20. The van der Waals surface area contributed by atoms with Crippen LogP contribution in [0.2, 0.25) is 0 Å². The highest BCUT2D eigenvalue weighted by atomic mass is 32.2. The van der Waals surface area contributed by atoms with Crippen LogP contribution in [0.5, 0.6) is 0 Å². The third kappa shape index (κ3) is 3.74. The molecule has 0 spiro atoms. The fourth-order valence-corrected chi connectivity index (χ4v) is 2.02. The molecule has 0 radical (unpaired) electrons. The van der Waals surface area contributed by atoms with Crippen molar-refractivity contribution in [1.82, 2.24) is 0 Å². The third-order valence-corrected chi connectivity index (χ3v) is 3.22. The summed E-state index contributed by atoms with van der Waals surface area (Å²) < 4.78 is 27.6. The van der Waals surface area contributed by atoms with E-state index < -0.39 is 34.4 Å². The van der Waals surface area contributed by atoms with Crippen molar-refractivity contribution >= 4 is 15.8 Å². The molecule has 1 atom stereocenters. The molecule has 8 nitrogen and oxygen atoms in total. The Bertz CT molecular complexity index is 527. The molecule has 0 aromatic heterocycles. The van der Waals surface area contributed by atoms with Crippen LogP contribution in [0.25, 0.3) is 0 Å². The quantitative estimate of drug-likeness (QED) is 0.413. The van der Waals surface area contributed by atoms with Gasteiger partial charge in [0.2, 0.25) is 0 Å². The van der Waals surface area contributed by atoms with E-state index in [9.17, 15) is 18.5 Å². The van der Waals surface area contributed by atoms with Gasteiger partial charge < -0.3 is 10.2 Å². The first-order valence-electron chi connectivity index (χ1n) is 4.79. The summed E-state index contributed by atoms with van der Waals surface area (Å²) in [6.45, 7) is -1.27. The Balaban J connectivity index is 2.91. The minimum Gasteiger partial charge on any atom is -0.394 e. The van der Waals surface area contributed by atoms with E-state index in [2.05, 4.69) is 4.18 Å². The second kappa shape index (κ2) is 5.87. The Kier molecular flexibility index (Phi) is 4.73. The Labute approximate surface area is 103 Å². The highest BCUT2D eigenvalue weighted by Gasteiger charge is 2.19. The molecule has 0 aliphatic rings. The highest BCUT2D eigenvalue weighted by Crippen LogP contribution is 2.19. The van der Waals surface area contributed by atoms with Gasteiger partial charge in [-0.1, -0.05) is 6.07 Å². The first-order chi connectivity index (χ1) is 8.36. The molecule has 0 unspecified atom stereocenters. The van der Waals surface area contributed by atoms with Crippen LogP contribution in [0.1, 0.15) is 0 Å². The number of nitro benzene ring substituents is 1. The van der Waals surface area contributed by atoms with Gasteiger partial charge in [-0.15, -0.1) is 0 Å². The van der Waals surface area contributed by atoms with Gasteiger partial charge >= 0.3 is 0 Å². The van der Waals surface area contributed by atoms with E-state index in [-0.39, 0.29) is 10.6 Å². The second-order valence-electron chi connectivity index (χ2n) is 3.33. The van der Waals surface area contributed by atoms with Crippen molar-refractivity contribution in [3.8, 4) is 0 Å². The number of benzene rings is 1. The molecule has 0 aliphatic carbocycles. The van der Waals surface area contributed by atoms with Crippen LogP contribution in [0.4, 0.5) is 5.69 Å². The molecule has 1 aromatic rings. The van der Waals surface area contributed by atoms with Crippen molar-refractivity contribution in [2.45, 2.75) is 11.0 Å². The van der Waals surface area contributed by atoms with Crippen LogP contribution in [-0.2, 0) is 14.3 Å². The molecular weight excluding hydrogens is 266 g/mol. The summed E-state index contributed by atoms with van der Waals surface area (Å²) in [6, 6.07) is 4.33. The molecular formula is C9H11NO7S. The largest absolute Gasteiger partial charge is 0.394 e. The lowest BCUT2D eigenvalue weighted by Crippen LogP contribution is -2.22. The minimum absolute atomic E-state index is 0.387. The summed E-state index contributed by atoms with van der Waals surface area (Å²) in [5, 5.41) is 28.0. The Morgan fingerprint density at radius 1 is 1.44 bits per heavy atom. The van der Waals surface area contributed by atoms with Crippen LogP contribution in [0.15, 0.2) is 29.2 Å². The highest BCUT2D eigenvalue weighted by molar-refractivity contribution is 7.86. The normalized spacial score (nSPS) is 13.2. The average Bonchev–Trinajstić information content (AvgIpc) is 2.36. The van der Waals surface area contributed by atoms with E-state index >= 15 is 0 Å². The standard InChI is InChI=1S/C9H11NO7S/c11-5-8(12)6-17-18(15,16)9-3-1-2-7(4-9)10(13)14/h1-4,8,11-12H,5-6H2/t8-/m0/s1.